The van der Waals surface area contributed by atoms with E-state index in [2.05, 4.69) is 15.4 Å². The highest BCUT2D eigenvalue weighted by Gasteiger charge is 1.39. The van der Waals surface area contributed by atoms with E-state index in [1.807, 2.05) is 0 Å². The SMILES string of the molecule is CO[SH]=S. The molecule has 0 aromatic heterocycles. The lowest BCUT2D eigenvalue weighted by atomic mass is 11.8. The molecular formula is CH4OS2. The molecule has 4 heavy (non-hydrogen) atoms. The molecule has 0 spiro atoms. The van der Waals surface area contributed by atoms with Gasteiger partial charge in [0.1, 0.15) is 0 Å². The van der Waals surface area contributed by atoms with Crippen LogP contribution in [0.2, 0.25) is 0 Å². The fourth-order valence-corrected chi connectivity index (χ4v) is 0. The largest absolute Gasteiger partial charge is 0.319 e. The van der Waals surface area contributed by atoms with E-state index >= 15 is 0 Å². The van der Waals surface area contributed by atoms with Crippen molar-refractivity contribution in [2.45, 2.75) is 0 Å². The first-order valence-corrected chi connectivity index (χ1v) is 2.60. The Kier molecular flexibility index (Phi) is 4.00. The van der Waals surface area contributed by atoms with Gasteiger partial charge in [0.15, 0.2) is 0 Å². The van der Waals surface area contributed by atoms with Gasteiger partial charge in [-0.05, 0) is 21.8 Å². The smallest absolute Gasteiger partial charge is 0.0503 e. The van der Waals surface area contributed by atoms with Crippen molar-refractivity contribution in [2.24, 2.45) is 0 Å². The summed E-state index contributed by atoms with van der Waals surface area (Å²) in [5, 5.41) is 0. The van der Waals surface area contributed by atoms with E-state index in [9.17, 15) is 0 Å². The highest BCUT2D eigenvalue weighted by molar-refractivity contribution is 8.15. The topological polar surface area (TPSA) is 9.23 Å². The summed E-state index contributed by atoms with van der Waals surface area (Å²) in [6.07, 6.45) is 0. The predicted molar refractivity (Wildman–Crippen MR) is 23.1 cm³/mol. The van der Waals surface area contributed by atoms with E-state index in [-0.39, 0.29) is 0 Å². The van der Waals surface area contributed by atoms with E-state index in [0.29, 0.717) is 10.6 Å². The molecule has 0 N–H and O–H groups in total. The Morgan fingerprint density at radius 1 is 2.00 bits per heavy atom. The zero-order valence-corrected chi connectivity index (χ0v) is 3.97. The molecule has 0 aromatic rings. The van der Waals surface area contributed by atoms with Crippen LogP contribution >= 0.6 is 0 Å². The molecule has 0 aliphatic carbocycles. The van der Waals surface area contributed by atoms with Crippen LogP contribution in [0, 0.1) is 0 Å². The van der Waals surface area contributed by atoms with Gasteiger partial charge in [0.2, 0.25) is 0 Å². The summed E-state index contributed by atoms with van der Waals surface area (Å²) >= 11 is 4.30. The Bertz CT molecular complexity index is 20.0. The van der Waals surface area contributed by atoms with Crippen LogP contribution in [0.1, 0.15) is 0 Å². The number of hydrogen-bond acceptors (Lipinski definition) is 2. The fourth-order valence-electron chi connectivity index (χ4n) is 0. The standard InChI is InChI=1S/CH4OS2/c1-2-4-3/h4H,1H3. The van der Waals surface area contributed by atoms with Crippen molar-refractivity contribution in [3.63, 3.8) is 0 Å². The molecule has 0 rings (SSSR count). The zero-order valence-electron chi connectivity index (χ0n) is 2.26. The third-order valence-electron chi connectivity index (χ3n) is 0.0745. The number of rotatable bonds is 1. The monoisotopic (exact) mass is 96.0 g/mol. The normalized spacial score (nSPS) is 7.25. The predicted octanol–water partition coefficient (Wildman–Crippen LogP) is -0.175. The minimum atomic E-state index is 0.582. The van der Waals surface area contributed by atoms with E-state index in [1.54, 1.807) is 7.11 Å². The summed E-state index contributed by atoms with van der Waals surface area (Å²) in [6, 6.07) is 0. The second kappa shape index (κ2) is 3.53. The lowest BCUT2D eigenvalue weighted by Crippen LogP contribution is -1.58. The van der Waals surface area contributed by atoms with E-state index in [0.717, 1.165) is 0 Å². The number of hydrogen-bond donors (Lipinski definition) is 1. The highest BCUT2D eigenvalue weighted by Crippen LogP contribution is 1.45. The Morgan fingerprint density at radius 3 is 2.25 bits per heavy atom. The van der Waals surface area contributed by atoms with Gasteiger partial charge in [0.25, 0.3) is 0 Å². The minimum Gasteiger partial charge on any atom is -0.319 e. The first-order valence-electron chi connectivity index (χ1n) is 0.773. The maximum Gasteiger partial charge on any atom is 0.0503 e. The average molecular weight is 96.2 g/mol. The summed E-state index contributed by atoms with van der Waals surface area (Å²) in [5.41, 5.74) is 0. The van der Waals surface area contributed by atoms with Crippen LogP contribution in [0.3, 0.4) is 0 Å². The lowest BCUT2D eigenvalue weighted by Gasteiger charge is -1.65. The Hall–Kier alpha value is 0.530. The van der Waals surface area contributed by atoms with Crippen LogP contribution in [0.4, 0.5) is 0 Å². The van der Waals surface area contributed by atoms with Crippen molar-refractivity contribution in [1.29, 1.82) is 0 Å². The Balaban J connectivity index is 2.30. The quantitative estimate of drug-likeness (QED) is 0.454. The summed E-state index contributed by atoms with van der Waals surface area (Å²) < 4.78 is 4.33. The van der Waals surface area contributed by atoms with Crippen molar-refractivity contribution in [1.82, 2.24) is 0 Å². The average Bonchev–Trinajstić information content (AvgIpc) is 1.37. The van der Waals surface area contributed by atoms with Crippen molar-refractivity contribution < 1.29 is 4.18 Å². The van der Waals surface area contributed by atoms with Crippen molar-refractivity contribution in [2.75, 3.05) is 7.11 Å². The van der Waals surface area contributed by atoms with Gasteiger partial charge in [-0.3, -0.25) is 0 Å². The van der Waals surface area contributed by atoms with Gasteiger partial charge in [-0.15, -0.1) is 0 Å². The molecule has 0 aromatic carbocycles. The Labute approximate surface area is 33.8 Å². The van der Waals surface area contributed by atoms with Crippen LogP contribution < -0.4 is 0 Å². The van der Waals surface area contributed by atoms with Crippen LogP contribution in [0.15, 0.2) is 0 Å². The molecule has 3 heteroatoms. The van der Waals surface area contributed by atoms with Crippen LogP contribution in [0.5, 0.6) is 0 Å². The van der Waals surface area contributed by atoms with Gasteiger partial charge in [-0.1, -0.05) is 0 Å². The van der Waals surface area contributed by atoms with Gasteiger partial charge in [0.05, 0.1) is 7.11 Å². The van der Waals surface area contributed by atoms with E-state index in [1.165, 1.54) is 0 Å². The van der Waals surface area contributed by atoms with Gasteiger partial charge in [-0.2, -0.15) is 0 Å². The molecule has 0 atom stereocenters. The molecule has 26 valence electrons. The molecule has 0 heterocycles. The first kappa shape index (κ1) is 4.53. The Morgan fingerprint density at radius 2 is 2.25 bits per heavy atom. The maximum absolute atomic E-state index is 4.33. The summed E-state index contributed by atoms with van der Waals surface area (Å²) in [5.74, 6) is 0. The van der Waals surface area contributed by atoms with E-state index < -0.39 is 0 Å². The summed E-state index contributed by atoms with van der Waals surface area (Å²) in [7, 11) is 2.15. The molecule has 0 radical (unpaired) electrons. The molecule has 0 aliphatic heterocycles. The molecule has 0 saturated heterocycles. The molecule has 0 amide bonds. The van der Waals surface area contributed by atoms with E-state index in [4.69, 9.17) is 0 Å². The molecule has 0 unspecified atom stereocenters. The van der Waals surface area contributed by atoms with Crippen LogP contribution in [-0.2, 0) is 26.0 Å². The summed E-state index contributed by atoms with van der Waals surface area (Å²) in [6.45, 7) is 0. The van der Waals surface area contributed by atoms with Crippen LogP contribution in [-0.4, -0.2) is 7.11 Å². The first-order chi connectivity index (χ1) is 1.91. The molecule has 0 fully saturated rings. The molecule has 0 bridgehead atoms. The molecule has 0 saturated carbocycles. The number of thiol groups is 1. The van der Waals surface area contributed by atoms with Gasteiger partial charge < -0.3 is 4.18 Å². The van der Waals surface area contributed by atoms with Gasteiger partial charge >= 0.3 is 0 Å². The van der Waals surface area contributed by atoms with Crippen molar-refractivity contribution >= 4 is 21.8 Å². The van der Waals surface area contributed by atoms with Crippen molar-refractivity contribution in [3.8, 4) is 0 Å². The fraction of sp³-hybridized carbons (Fsp3) is 1.00. The van der Waals surface area contributed by atoms with Gasteiger partial charge in [0, 0.05) is 0 Å². The minimum absolute atomic E-state index is 0.582. The second-order valence-electron chi connectivity index (χ2n) is 0.257. The molecular weight excluding hydrogens is 92.1 g/mol. The third-order valence-corrected chi connectivity index (χ3v) is 0.671. The lowest BCUT2D eigenvalue weighted by molar-refractivity contribution is 0.495. The van der Waals surface area contributed by atoms with Crippen molar-refractivity contribution in [3.05, 3.63) is 0 Å². The highest BCUT2D eigenvalue weighted by atomic mass is 32.8. The third kappa shape index (κ3) is 2.53. The maximum atomic E-state index is 4.33. The zero-order chi connectivity index (χ0) is 3.41. The summed E-state index contributed by atoms with van der Waals surface area (Å²) in [4.78, 5) is 0. The van der Waals surface area contributed by atoms with Crippen LogP contribution in [0.25, 0.3) is 0 Å². The molecule has 0 aliphatic rings. The van der Waals surface area contributed by atoms with Gasteiger partial charge in [-0.25, -0.2) is 0 Å². The second-order valence-corrected chi connectivity index (χ2v) is 1.22. The molecule has 1 nitrogen and oxygen atoms in total.